The number of thiophene rings is 1. The number of halogens is 1. The minimum atomic E-state index is 0. The Hall–Kier alpha value is -0.540. The van der Waals surface area contributed by atoms with E-state index in [4.69, 9.17) is 4.99 Å². The van der Waals surface area contributed by atoms with Gasteiger partial charge >= 0.3 is 0 Å². The highest BCUT2D eigenvalue weighted by molar-refractivity contribution is 14.0. The number of hydrogen-bond acceptors (Lipinski definition) is 4. The van der Waals surface area contributed by atoms with E-state index in [1.54, 1.807) is 0 Å². The summed E-state index contributed by atoms with van der Waals surface area (Å²) in [5, 5.41) is 7.03. The summed E-state index contributed by atoms with van der Waals surface area (Å²) in [5.74, 6) is 1.10. The smallest absolute Gasteiger partial charge is 0.194 e. The van der Waals surface area contributed by atoms with Crippen LogP contribution in [0.25, 0.3) is 0 Å². The number of hydrogen-bond donors (Lipinski definition) is 1. The molecule has 7 heteroatoms. The Bertz CT molecular complexity index is 498. The molecule has 156 valence electrons. The van der Waals surface area contributed by atoms with Gasteiger partial charge in [0.2, 0.25) is 0 Å². The van der Waals surface area contributed by atoms with Gasteiger partial charge in [0.1, 0.15) is 0 Å². The highest BCUT2D eigenvalue weighted by Gasteiger charge is 2.20. The molecule has 0 amide bonds. The lowest BCUT2D eigenvalue weighted by atomic mass is 10.1. The fraction of sp³-hybridized carbons (Fsp3) is 0.750. The molecule has 2 rings (SSSR count). The zero-order valence-electron chi connectivity index (χ0n) is 17.3. The number of nitrogens with zero attached hydrogens (tertiary/aromatic N) is 4. The quantitative estimate of drug-likeness (QED) is 0.225. The van der Waals surface area contributed by atoms with Crippen molar-refractivity contribution in [1.29, 1.82) is 0 Å². The van der Waals surface area contributed by atoms with Crippen LogP contribution in [0, 0.1) is 0 Å². The predicted octanol–water partition coefficient (Wildman–Crippen LogP) is 3.97. The average Bonchev–Trinajstić information content (AvgIpc) is 3.17. The monoisotopic (exact) mass is 507 g/mol. The molecule has 5 nitrogen and oxygen atoms in total. The molecule has 0 radical (unpaired) electrons. The van der Waals surface area contributed by atoms with Crippen LogP contribution in [-0.4, -0.2) is 75.7 Å². The van der Waals surface area contributed by atoms with Gasteiger partial charge in [0.15, 0.2) is 5.96 Å². The molecule has 0 atom stereocenters. The van der Waals surface area contributed by atoms with E-state index in [1.165, 1.54) is 43.6 Å². The van der Waals surface area contributed by atoms with Gasteiger partial charge in [0.05, 0.1) is 5.00 Å². The average molecular weight is 508 g/mol. The van der Waals surface area contributed by atoms with Gasteiger partial charge in [-0.3, -0.25) is 4.99 Å². The Balaban J connectivity index is 0.00000364. The van der Waals surface area contributed by atoms with Gasteiger partial charge < -0.3 is 20.0 Å². The summed E-state index contributed by atoms with van der Waals surface area (Å²) < 4.78 is 0. The maximum Gasteiger partial charge on any atom is 0.194 e. The number of guanidine groups is 1. The molecule has 1 aliphatic rings. The molecule has 1 aliphatic heterocycles. The summed E-state index contributed by atoms with van der Waals surface area (Å²) in [6, 6.07) is 4.36. The van der Waals surface area contributed by atoms with E-state index in [0.29, 0.717) is 0 Å². The van der Waals surface area contributed by atoms with Crippen LogP contribution in [0.4, 0.5) is 5.00 Å². The molecule has 1 fully saturated rings. The second kappa shape index (κ2) is 14.5. The summed E-state index contributed by atoms with van der Waals surface area (Å²) in [6.07, 6.45) is 6.48. The predicted molar refractivity (Wildman–Crippen MR) is 131 cm³/mol. The highest BCUT2D eigenvalue weighted by Crippen LogP contribution is 2.22. The van der Waals surface area contributed by atoms with Crippen LogP contribution >= 0.6 is 35.3 Å². The fourth-order valence-corrected chi connectivity index (χ4v) is 4.05. The van der Waals surface area contributed by atoms with Gasteiger partial charge in [-0.1, -0.05) is 19.3 Å². The standard InChI is InChI=1S/C20H37N5S.HI/c1-4-21-20(22-12-8-6-5-7-9-13-23(2)3)25-16-14-24(15-17-25)19-11-10-18-26-19;/h10-11,18H,4-9,12-17H2,1-3H3,(H,21,22);1H. The van der Waals surface area contributed by atoms with E-state index >= 15 is 0 Å². The molecule has 1 aromatic rings. The lowest BCUT2D eigenvalue weighted by Crippen LogP contribution is -2.52. The first-order chi connectivity index (χ1) is 12.7. The van der Waals surface area contributed by atoms with Crippen molar-refractivity contribution in [3.8, 4) is 0 Å². The summed E-state index contributed by atoms with van der Waals surface area (Å²) in [7, 11) is 4.30. The topological polar surface area (TPSA) is 34.1 Å². The normalized spacial score (nSPS) is 15.2. The second-order valence-corrected chi connectivity index (χ2v) is 8.16. The minimum absolute atomic E-state index is 0. The second-order valence-electron chi connectivity index (χ2n) is 7.23. The van der Waals surface area contributed by atoms with Crippen LogP contribution in [0.15, 0.2) is 22.5 Å². The van der Waals surface area contributed by atoms with E-state index in [0.717, 1.165) is 45.2 Å². The molecule has 1 N–H and O–H groups in total. The van der Waals surface area contributed by atoms with Crippen molar-refractivity contribution in [3.63, 3.8) is 0 Å². The van der Waals surface area contributed by atoms with Gasteiger partial charge in [-0.25, -0.2) is 0 Å². The first kappa shape index (κ1) is 24.5. The lowest BCUT2D eigenvalue weighted by molar-refractivity contribution is 0.373. The summed E-state index contributed by atoms with van der Waals surface area (Å²) in [5.41, 5.74) is 0. The lowest BCUT2D eigenvalue weighted by Gasteiger charge is -2.37. The molecule has 1 saturated heterocycles. The van der Waals surface area contributed by atoms with Crippen LogP contribution in [-0.2, 0) is 0 Å². The molecule has 2 heterocycles. The Morgan fingerprint density at radius 1 is 1.11 bits per heavy atom. The Morgan fingerprint density at radius 3 is 2.44 bits per heavy atom. The van der Waals surface area contributed by atoms with Crippen molar-refractivity contribution < 1.29 is 0 Å². The largest absolute Gasteiger partial charge is 0.360 e. The maximum absolute atomic E-state index is 4.88. The number of unbranched alkanes of at least 4 members (excludes halogenated alkanes) is 4. The Labute approximate surface area is 187 Å². The molecule has 0 aromatic carbocycles. The molecular weight excluding hydrogens is 469 g/mol. The summed E-state index contributed by atoms with van der Waals surface area (Å²) in [6.45, 7) is 9.51. The molecule has 27 heavy (non-hydrogen) atoms. The summed E-state index contributed by atoms with van der Waals surface area (Å²) in [4.78, 5) is 12.1. The van der Waals surface area contributed by atoms with E-state index < -0.39 is 0 Å². The van der Waals surface area contributed by atoms with Gasteiger partial charge in [-0.05, 0) is 57.9 Å². The van der Waals surface area contributed by atoms with E-state index in [-0.39, 0.29) is 24.0 Å². The van der Waals surface area contributed by atoms with Crippen molar-refractivity contribution in [2.75, 3.05) is 64.8 Å². The van der Waals surface area contributed by atoms with Gasteiger partial charge in [0.25, 0.3) is 0 Å². The molecule has 0 bridgehead atoms. The van der Waals surface area contributed by atoms with Crippen molar-refractivity contribution in [2.45, 2.75) is 39.0 Å². The SMILES string of the molecule is CCNC(=NCCCCCCCN(C)C)N1CCN(c2cccs2)CC1.I. The van der Waals surface area contributed by atoms with Crippen LogP contribution in [0.1, 0.15) is 39.0 Å². The minimum Gasteiger partial charge on any atom is -0.360 e. The van der Waals surface area contributed by atoms with Gasteiger partial charge in [0, 0.05) is 39.3 Å². The van der Waals surface area contributed by atoms with Crippen LogP contribution in [0.5, 0.6) is 0 Å². The number of rotatable bonds is 10. The number of piperazine rings is 1. The number of aliphatic imine (C=N–C) groups is 1. The zero-order chi connectivity index (χ0) is 18.6. The van der Waals surface area contributed by atoms with E-state index in [9.17, 15) is 0 Å². The first-order valence-corrected chi connectivity index (χ1v) is 11.0. The number of anilines is 1. The number of nitrogens with one attached hydrogen (secondary N) is 1. The van der Waals surface area contributed by atoms with E-state index in [2.05, 4.69) is 58.5 Å². The zero-order valence-corrected chi connectivity index (χ0v) is 20.5. The Morgan fingerprint density at radius 2 is 1.81 bits per heavy atom. The molecule has 0 unspecified atom stereocenters. The molecular formula is C20H38IN5S. The fourth-order valence-electron chi connectivity index (χ4n) is 3.27. The third kappa shape index (κ3) is 9.47. The third-order valence-electron chi connectivity index (χ3n) is 4.76. The van der Waals surface area contributed by atoms with Crippen LogP contribution in [0.3, 0.4) is 0 Å². The highest BCUT2D eigenvalue weighted by atomic mass is 127. The Kier molecular flexibility index (Phi) is 13.1. The van der Waals surface area contributed by atoms with Gasteiger partial charge in [-0.15, -0.1) is 35.3 Å². The van der Waals surface area contributed by atoms with Crippen molar-refractivity contribution in [2.24, 2.45) is 4.99 Å². The molecule has 1 aromatic heterocycles. The summed E-state index contributed by atoms with van der Waals surface area (Å²) >= 11 is 1.83. The molecule has 0 spiro atoms. The first-order valence-electron chi connectivity index (χ1n) is 10.2. The molecule has 0 aliphatic carbocycles. The van der Waals surface area contributed by atoms with Crippen LogP contribution < -0.4 is 10.2 Å². The maximum atomic E-state index is 4.88. The van der Waals surface area contributed by atoms with Crippen molar-refractivity contribution >= 4 is 46.3 Å². The van der Waals surface area contributed by atoms with Gasteiger partial charge in [-0.2, -0.15) is 0 Å². The van der Waals surface area contributed by atoms with E-state index in [1.807, 2.05) is 11.3 Å². The van der Waals surface area contributed by atoms with Crippen molar-refractivity contribution in [1.82, 2.24) is 15.1 Å². The molecule has 0 saturated carbocycles. The van der Waals surface area contributed by atoms with Crippen LogP contribution in [0.2, 0.25) is 0 Å². The third-order valence-corrected chi connectivity index (χ3v) is 5.69. The van der Waals surface area contributed by atoms with Crippen molar-refractivity contribution in [3.05, 3.63) is 17.5 Å².